The quantitative estimate of drug-likeness (QED) is 0.798. The van der Waals surface area contributed by atoms with Crippen molar-refractivity contribution < 1.29 is 0 Å². The van der Waals surface area contributed by atoms with Gasteiger partial charge in [-0.05, 0) is 68.1 Å². The maximum absolute atomic E-state index is 3.49. The first kappa shape index (κ1) is 13.0. The van der Waals surface area contributed by atoms with Crippen LogP contribution in [0, 0.1) is 5.92 Å². The summed E-state index contributed by atoms with van der Waals surface area (Å²) in [6.45, 7) is 4.65. The van der Waals surface area contributed by atoms with Gasteiger partial charge in [-0.1, -0.05) is 19.1 Å². The SMILES string of the molecule is CCSc1ccc(CCC2CCCNC2)cc1. The van der Waals surface area contributed by atoms with Crippen LogP contribution in [0.2, 0.25) is 0 Å². The molecular formula is C15H23NS. The van der Waals surface area contributed by atoms with Crippen LogP contribution in [-0.2, 0) is 6.42 Å². The van der Waals surface area contributed by atoms with Crippen molar-refractivity contribution in [2.45, 2.75) is 37.5 Å². The van der Waals surface area contributed by atoms with Gasteiger partial charge < -0.3 is 5.32 Å². The molecule has 1 heterocycles. The number of hydrogen-bond acceptors (Lipinski definition) is 2. The van der Waals surface area contributed by atoms with E-state index in [4.69, 9.17) is 0 Å². The predicted molar refractivity (Wildman–Crippen MR) is 76.8 cm³/mol. The first-order valence-electron chi connectivity index (χ1n) is 6.81. The van der Waals surface area contributed by atoms with Crippen LogP contribution < -0.4 is 5.32 Å². The number of nitrogens with one attached hydrogen (secondary N) is 1. The molecule has 1 aromatic carbocycles. The molecule has 1 nitrogen and oxygen atoms in total. The smallest absolute Gasteiger partial charge is 0.00720 e. The molecule has 0 bridgehead atoms. The number of thioether (sulfide) groups is 1. The van der Waals surface area contributed by atoms with Crippen LogP contribution in [0.3, 0.4) is 0 Å². The Morgan fingerprint density at radius 1 is 1.29 bits per heavy atom. The Bertz CT molecular complexity index is 314. The lowest BCUT2D eigenvalue weighted by molar-refractivity contribution is 0.358. The summed E-state index contributed by atoms with van der Waals surface area (Å²) in [5.41, 5.74) is 1.50. The van der Waals surface area contributed by atoms with Gasteiger partial charge in [0, 0.05) is 4.90 Å². The first-order chi connectivity index (χ1) is 8.38. The van der Waals surface area contributed by atoms with E-state index in [1.165, 1.54) is 49.2 Å². The Balaban J connectivity index is 1.77. The summed E-state index contributed by atoms with van der Waals surface area (Å²) in [4.78, 5) is 1.40. The lowest BCUT2D eigenvalue weighted by Crippen LogP contribution is -2.29. The Morgan fingerprint density at radius 3 is 2.76 bits per heavy atom. The summed E-state index contributed by atoms with van der Waals surface area (Å²) >= 11 is 1.92. The van der Waals surface area contributed by atoms with Gasteiger partial charge >= 0.3 is 0 Å². The second kappa shape index (κ2) is 7.07. The molecule has 0 spiro atoms. The normalized spacial score (nSPS) is 20.4. The van der Waals surface area contributed by atoms with Crippen molar-refractivity contribution in [3.63, 3.8) is 0 Å². The molecule has 0 saturated carbocycles. The molecule has 1 aliphatic heterocycles. The van der Waals surface area contributed by atoms with E-state index in [0.717, 1.165) is 11.7 Å². The average Bonchev–Trinajstić information content (AvgIpc) is 2.40. The van der Waals surface area contributed by atoms with Gasteiger partial charge in [-0.3, -0.25) is 0 Å². The van der Waals surface area contributed by atoms with Gasteiger partial charge in [-0.15, -0.1) is 11.8 Å². The van der Waals surface area contributed by atoms with E-state index in [1.807, 2.05) is 11.8 Å². The standard InChI is InChI=1S/C15H23NS/c1-2-17-15-9-7-13(8-10-15)5-6-14-4-3-11-16-12-14/h7-10,14,16H,2-6,11-12H2,1H3. The largest absolute Gasteiger partial charge is 0.316 e. The Morgan fingerprint density at radius 2 is 2.12 bits per heavy atom. The van der Waals surface area contributed by atoms with E-state index < -0.39 is 0 Å². The van der Waals surface area contributed by atoms with E-state index >= 15 is 0 Å². The number of piperidine rings is 1. The number of benzene rings is 1. The lowest BCUT2D eigenvalue weighted by Gasteiger charge is -2.22. The fraction of sp³-hybridized carbons (Fsp3) is 0.600. The maximum Gasteiger partial charge on any atom is 0.00720 e. The van der Waals surface area contributed by atoms with E-state index in [1.54, 1.807) is 0 Å². The fourth-order valence-corrected chi connectivity index (χ4v) is 3.12. The van der Waals surface area contributed by atoms with Crippen LogP contribution in [0.4, 0.5) is 0 Å². The summed E-state index contributed by atoms with van der Waals surface area (Å²) in [5.74, 6) is 2.06. The van der Waals surface area contributed by atoms with Crippen molar-refractivity contribution >= 4 is 11.8 Å². The van der Waals surface area contributed by atoms with Gasteiger partial charge in [0.15, 0.2) is 0 Å². The minimum absolute atomic E-state index is 0.897. The van der Waals surface area contributed by atoms with Gasteiger partial charge in [0.25, 0.3) is 0 Å². The summed E-state index contributed by atoms with van der Waals surface area (Å²) in [6.07, 6.45) is 5.35. The third-order valence-electron chi connectivity index (χ3n) is 3.47. The average molecular weight is 249 g/mol. The molecule has 2 rings (SSSR count). The number of rotatable bonds is 5. The van der Waals surface area contributed by atoms with Gasteiger partial charge in [-0.25, -0.2) is 0 Å². The third kappa shape index (κ3) is 4.36. The predicted octanol–water partition coefficient (Wildman–Crippen LogP) is 3.73. The molecule has 17 heavy (non-hydrogen) atoms. The molecule has 1 N–H and O–H groups in total. The van der Waals surface area contributed by atoms with Crippen molar-refractivity contribution in [3.8, 4) is 0 Å². The Labute approximate surface area is 109 Å². The second-order valence-electron chi connectivity index (χ2n) is 4.83. The molecule has 1 saturated heterocycles. The molecule has 1 fully saturated rings. The molecule has 2 heteroatoms. The van der Waals surface area contributed by atoms with Crippen LogP contribution >= 0.6 is 11.8 Å². The van der Waals surface area contributed by atoms with Gasteiger partial charge in [0.05, 0.1) is 0 Å². The number of hydrogen-bond donors (Lipinski definition) is 1. The van der Waals surface area contributed by atoms with E-state index in [2.05, 4.69) is 36.5 Å². The van der Waals surface area contributed by atoms with E-state index in [0.29, 0.717) is 0 Å². The molecule has 0 amide bonds. The lowest BCUT2D eigenvalue weighted by atomic mass is 9.93. The minimum atomic E-state index is 0.897. The fourth-order valence-electron chi connectivity index (χ4n) is 2.46. The molecule has 0 aliphatic carbocycles. The third-order valence-corrected chi connectivity index (χ3v) is 4.37. The van der Waals surface area contributed by atoms with E-state index in [9.17, 15) is 0 Å². The van der Waals surface area contributed by atoms with Crippen LogP contribution in [0.15, 0.2) is 29.2 Å². The first-order valence-corrected chi connectivity index (χ1v) is 7.79. The summed E-state index contributed by atoms with van der Waals surface area (Å²) in [6, 6.07) is 9.13. The van der Waals surface area contributed by atoms with Crippen LogP contribution in [-0.4, -0.2) is 18.8 Å². The Hall–Kier alpha value is -0.470. The summed E-state index contributed by atoms with van der Waals surface area (Å²) < 4.78 is 0. The van der Waals surface area contributed by atoms with Crippen molar-refractivity contribution in [1.29, 1.82) is 0 Å². The zero-order chi connectivity index (χ0) is 11.9. The van der Waals surface area contributed by atoms with Crippen LogP contribution in [0.1, 0.15) is 31.7 Å². The van der Waals surface area contributed by atoms with Crippen LogP contribution in [0.25, 0.3) is 0 Å². The zero-order valence-electron chi connectivity index (χ0n) is 10.7. The highest BCUT2D eigenvalue weighted by atomic mass is 32.2. The van der Waals surface area contributed by atoms with Crippen molar-refractivity contribution in [2.75, 3.05) is 18.8 Å². The van der Waals surface area contributed by atoms with Crippen molar-refractivity contribution in [3.05, 3.63) is 29.8 Å². The molecule has 94 valence electrons. The number of aryl methyl sites for hydroxylation is 1. The van der Waals surface area contributed by atoms with Crippen molar-refractivity contribution in [1.82, 2.24) is 5.32 Å². The molecule has 1 unspecified atom stereocenters. The molecule has 0 aromatic heterocycles. The zero-order valence-corrected chi connectivity index (χ0v) is 11.6. The topological polar surface area (TPSA) is 12.0 Å². The second-order valence-corrected chi connectivity index (χ2v) is 6.17. The van der Waals surface area contributed by atoms with Gasteiger partial charge in [0.1, 0.15) is 0 Å². The maximum atomic E-state index is 3.49. The van der Waals surface area contributed by atoms with Crippen LogP contribution in [0.5, 0.6) is 0 Å². The minimum Gasteiger partial charge on any atom is -0.316 e. The summed E-state index contributed by atoms with van der Waals surface area (Å²) in [5, 5.41) is 3.49. The van der Waals surface area contributed by atoms with Gasteiger partial charge in [0.2, 0.25) is 0 Å². The molecule has 1 atom stereocenters. The Kier molecular flexibility index (Phi) is 5.40. The monoisotopic (exact) mass is 249 g/mol. The highest BCUT2D eigenvalue weighted by Crippen LogP contribution is 2.20. The molecule has 1 aliphatic rings. The molecule has 1 aromatic rings. The highest BCUT2D eigenvalue weighted by molar-refractivity contribution is 7.99. The molecule has 0 radical (unpaired) electrons. The molecular weight excluding hydrogens is 226 g/mol. The summed E-state index contributed by atoms with van der Waals surface area (Å²) in [7, 11) is 0. The highest BCUT2D eigenvalue weighted by Gasteiger charge is 2.12. The van der Waals surface area contributed by atoms with Crippen molar-refractivity contribution in [2.24, 2.45) is 5.92 Å². The van der Waals surface area contributed by atoms with E-state index in [-0.39, 0.29) is 0 Å². The van der Waals surface area contributed by atoms with Gasteiger partial charge in [-0.2, -0.15) is 0 Å².